The number of halogens is 2. The molecule has 0 bridgehead atoms. The molecule has 0 spiro atoms. The van der Waals surface area contributed by atoms with Gasteiger partial charge in [-0.15, -0.1) is 11.3 Å². The molecule has 0 saturated carbocycles. The van der Waals surface area contributed by atoms with Crippen LogP contribution in [0.3, 0.4) is 0 Å². The maximum atomic E-state index is 11.0. The van der Waals surface area contributed by atoms with Crippen molar-refractivity contribution in [3.63, 3.8) is 0 Å². The van der Waals surface area contributed by atoms with Gasteiger partial charge in [-0.2, -0.15) is 0 Å². The topological polar surface area (TPSA) is 49.3 Å². The lowest BCUT2D eigenvalue weighted by Gasteiger charge is -2.07. The van der Waals surface area contributed by atoms with Gasteiger partial charge in [-0.05, 0) is 34.1 Å². The van der Waals surface area contributed by atoms with E-state index in [2.05, 4.69) is 21.2 Å². The van der Waals surface area contributed by atoms with Crippen LogP contribution < -0.4 is 5.32 Å². The maximum absolute atomic E-state index is 11.0. The molecule has 2 aromatic rings. The van der Waals surface area contributed by atoms with E-state index in [9.17, 15) is 4.79 Å². The lowest BCUT2D eigenvalue weighted by atomic mass is 10.2. The first-order chi connectivity index (χ1) is 8.58. The second-order valence-corrected chi connectivity index (χ2v) is 6.13. The summed E-state index contributed by atoms with van der Waals surface area (Å²) in [6.07, 6.45) is 0. The Hall–Kier alpha value is -1.04. The molecule has 0 atom stereocenters. The minimum Gasteiger partial charge on any atom is -0.478 e. The van der Waals surface area contributed by atoms with Crippen LogP contribution in [0.1, 0.15) is 15.2 Å². The van der Waals surface area contributed by atoms with Crippen LogP contribution in [-0.2, 0) is 6.54 Å². The Kier molecular flexibility index (Phi) is 4.27. The van der Waals surface area contributed by atoms with E-state index in [0.29, 0.717) is 16.6 Å². The molecule has 2 rings (SSSR count). The van der Waals surface area contributed by atoms with Crippen LogP contribution >= 0.6 is 38.9 Å². The van der Waals surface area contributed by atoms with E-state index in [1.807, 2.05) is 6.07 Å². The summed E-state index contributed by atoms with van der Waals surface area (Å²) in [5.41, 5.74) is 0.866. The fraction of sp³-hybridized carbons (Fsp3) is 0.0833. The first-order valence-corrected chi connectivity index (χ1v) is 7.06. The van der Waals surface area contributed by atoms with Crippen LogP contribution in [-0.4, -0.2) is 11.1 Å². The van der Waals surface area contributed by atoms with E-state index in [0.717, 1.165) is 9.35 Å². The third kappa shape index (κ3) is 3.04. The van der Waals surface area contributed by atoms with Crippen molar-refractivity contribution in [1.82, 2.24) is 0 Å². The molecular weight excluding hydrogens is 338 g/mol. The molecule has 0 fully saturated rings. The Morgan fingerprint density at radius 1 is 1.44 bits per heavy atom. The predicted octanol–water partition coefficient (Wildman–Crippen LogP) is 4.47. The number of carbonyl (C=O) groups is 1. The highest BCUT2D eigenvalue weighted by Gasteiger charge is 2.09. The number of anilines is 1. The molecule has 1 heterocycles. The van der Waals surface area contributed by atoms with Crippen molar-refractivity contribution >= 4 is 50.5 Å². The number of carboxylic acids is 1. The van der Waals surface area contributed by atoms with Crippen LogP contribution in [0.25, 0.3) is 0 Å². The highest BCUT2D eigenvalue weighted by molar-refractivity contribution is 9.10. The van der Waals surface area contributed by atoms with E-state index >= 15 is 0 Å². The summed E-state index contributed by atoms with van der Waals surface area (Å²) in [6, 6.07) is 8.73. The normalized spacial score (nSPS) is 10.3. The summed E-state index contributed by atoms with van der Waals surface area (Å²) in [7, 11) is 0. The van der Waals surface area contributed by atoms with Crippen LogP contribution in [0.5, 0.6) is 0 Å². The van der Waals surface area contributed by atoms with Gasteiger partial charge in [0.05, 0.1) is 5.56 Å². The van der Waals surface area contributed by atoms with Gasteiger partial charge < -0.3 is 10.4 Å². The Bertz CT molecular complexity index is 566. The average Bonchev–Trinajstić information content (AvgIpc) is 2.66. The molecule has 1 aromatic heterocycles. The highest BCUT2D eigenvalue weighted by Crippen LogP contribution is 2.32. The minimum absolute atomic E-state index is 0.263. The van der Waals surface area contributed by atoms with Crippen LogP contribution in [0.2, 0.25) is 4.34 Å². The zero-order valence-corrected chi connectivity index (χ0v) is 12.3. The standard InChI is InChI=1S/C12H9BrClNO2S/c13-9-5-7(18-11(9)14)6-15-10-4-2-1-3-8(10)12(16)17/h1-5,15H,6H2,(H,16,17). The molecule has 18 heavy (non-hydrogen) atoms. The van der Waals surface area contributed by atoms with Crippen molar-refractivity contribution in [3.8, 4) is 0 Å². The first-order valence-electron chi connectivity index (χ1n) is 5.08. The smallest absolute Gasteiger partial charge is 0.337 e. The van der Waals surface area contributed by atoms with Gasteiger partial charge in [0.2, 0.25) is 0 Å². The van der Waals surface area contributed by atoms with Crippen LogP contribution in [0, 0.1) is 0 Å². The summed E-state index contributed by atoms with van der Waals surface area (Å²) >= 11 is 10.7. The van der Waals surface area contributed by atoms with Gasteiger partial charge in [0.15, 0.2) is 0 Å². The third-order valence-corrected chi connectivity index (χ3v) is 4.78. The number of aromatic carboxylic acids is 1. The van der Waals surface area contributed by atoms with E-state index in [1.54, 1.807) is 24.3 Å². The van der Waals surface area contributed by atoms with Crippen molar-refractivity contribution in [3.05, 3.63) is 49.6 Å². The maximum Gasteiger partial charge on any atom is 0.337 e. The number of hydrogen-bond donors (Lipinski definition) is 2. The van der Waals surface area contributed by atoms with Gasteiger partial charge in [-0.1, -0.05) is 23.7 Å². The second kappa shape index (κ2) is 5.73. The van der Waals surface area contributed by atoms with Gasteiger partial charge in [0, 0.05) is 21.6 Å². The minimum atomic E-state index is -0.941. The Morgan fingerprint density at radius 3 is 2.78 bits per heavy atom. The average molecular weight is 347 g/mol. The first kappa shape index (κ1) is 13.4. The molecule has 1 aromatic carbocycles. The number of nitrogens with one attached hydrogen (secondary N) is 1. The van der Waals surface area contributed by atoms with Gasteiger partial charge in [0.25, 0.3) is 0 Å². The number of benzene rings is 1. The number of rotatable bonds is 4. The van der Waals surface area contributed by atoms with Gasteiger partial charge in [-0.25, -0.2) is 4.79 Å². The van der Waals surface area contributed by atoms with Crippen LogP contribution in [0.4, 0.5) is 5.69 Å². The second-order valence-electron chi connectivity index (χ2n) is 3.54. The van der Waals surface area contributed by atoms with Gasteiger partial charge in [-0.3, -0.25) is 0 Å². The molecule has 0 unspecified atom stereocenters. The van der Waals surface area contributed by atoms with Crippen LogP contribution in [0.15, 0.2) is 34.8 Å². The molecule has 0 saturated heterocycles. The van der Waals surface area contributed by atoms with Crippen molar-refractivity contribution < 1.29 is 9.90 Å². The molecule has 94 valence electrons. The number of para-hydroxylation sites is 1. The zero-order valence-electron chi connectivity index (χ0n) is 9.11. The van der Waals surface area contributed by atoms with E-state index in [-0.39, 0.29) is 5.56 Å². The summed E-state index contributed by atoms with van der Waals surface area (Å²) in [6.45, 7) is 0.542. The Morgan fingerprint density at radius 2 is 2.17 bits per heavy atom. The summed E-state index contributed by atoms with van der Waals surface area (Å²) in [4.78, 5) is 12.1. The third-order valence-electron chi connectivity index (χ3n) is 2.31. The summed E-state index contributed by atoms with van der Waals surface area (Å²) in [5.74, 6) is -0.941. The molecule has 3 nitrogen and oxygen atoms in total. The molecule has 0 aliphatic rings. The van der Waals surface area contributed by atoms with E-state index in [4.69, 9.17) is 16.7 Å². The van der Waals surface area contributed by atoms with Crippen molar-refractivity contribution in [2.75, 3.05) is 5.32 Å². The largest absolute Gasteiger partial charge is 0.478 e. The predicted molar refractivity (Wildman–Crippen MR) is 77.8 cm³/mol. The van der Waals surface area contributed by atoms with Crippen molar-refractivity contribution in [2.45, 2.75) is 6.54 Å². The summed E-state index contributed by atoms with van der Waals surface area (Å²) < 4.78 is 1.55. The fourth-order valence-corrected chi connectivity index (χ4v) is 3.21. The summed E-state index contributed by atoms with van der Waals surface area (Å²) in [5, 5.41) is 12.1. The Labute approximate surface area is 122 Å². The van der Waals surface area contributed by atoms with E-state index in [1.165, 1.54) is 11.3 Å². The lowest BCUT2D eigenvalue weighted by Crippen LogP contribution is -2.05. The SMILES string of the molecule is O=C(O)c1ccccc1NCc1cc(Br)c(Cl)s1. The molecule has 0 radical (unpaired) electrons. The molecule has 0 amide bonds. The highest BCUT2D eigenvalue weighted by atomic mass is 79.9. The fourth-order valence-electron chi connectivity index (χ4n) is 1.48. The van der Waals surface area contributed by atoms with Gasteiger partial charge in [0.1, 0.15) is 4.34 Å². The van der Waals surface area contributed by atoms with E-state index < -0.39 is 5.97 Å². The molecular formula is C12H9BrClNO2S. The molecule has 6 heteroatoms. The lowest BCUT2D eigenvalue weighted by molar-refractivity contribution is 0.0698. The number of hydrogen-bond acceptors (Lipinski definition) is 3. The quantitative estimate of drug-likeness (QED) is 0.858. The van der Waals surface area contributed by atoms with Gasteiger partial charge >= 0.3 is 5.97 Å². The number of thiophene rings is 1. The zero-order chi connectivity index (χ0) is 13.1. The molecule has 0 aliphatic carbocycles. The molecule has 0 aliphatic heterocycles. The monoisotopic (exact) mass is 345 g/mol. The van der Waals surface area contributed by atoms with Crippen molar-refractivity contribution in [1.29, 1.82) is 0 Å². The van der Waals surface area contributed by atoms with Crippen molar-refractivity contribution in [2.24, 2.45) is 0 Å². The Balaban J connectivity index is 2.13. The molecule has 2 N–H and O–H groups in total. The number of carboxylic acid groups (broad SMARTS) is 1.